The van der Waals surface area contributed by atoms with Gasteiger partial charge < -0.3 is 14.9 Å². The van der Waals surface area contributed by atoms with Crippen LogP contribution in [0.25, 0.3) is 0 Å². The molecule has 2 aliphatic heterocycles. The van der Waals surface area contributed by atoms with E-state index < -0.39 is 0 Å². The number of carbonyl (C=O) groups excluding carboxylic acids is 1. The van der Waals surface area contributed by atoms with Crippen molar-refractivity contribution in [2.45, 2.75) is 37.8 Å². The normalized spacial score (nSPS) is 21.3. The van der Waals surface area contributed by atoms with Crippen LogP contribution >= 0.6 is 11.3 Å². The maximum Gasteiger partial charge on any atom is 0.274 e. The van der Waals surface area contributed by atoms with Gasteiger partial charge in [-0.3, -0.25) is 9.78 Å². The van der Waals surface area contributed by atoms with Gasteiger partial charge in [0, 0.05) is 36.4 Å². The Labute approximate surface area is 163 Å². The number of hydrogen-bond acceptors (Lipinski definition) is 6. The lowest BCUT2D eigenvalue weighted by Crippen LogP contribution is -2.49. The molecule has 2 saturated heterocycles. The van der Waals surface area contributed by atoms with Crippen LogP contribution in [0.1, 0.15) is 47.2 Å². The lowest BCUT2D eigenvalue weighted by Gasteiger charge is -2.42. The SMILES string of the molecule is O=C(c1cnccn1)N1CCC(N2CCC(C(O)c3cccs3)CC2)CC1. The highest BCUT2D eigenvalue weighted by molar-refractivity contribution is 7.10. The smallest absolute Gasteiger partial charge is 0.274 e. The molecule has 27 heavy (non-hydrogen) atoms. The van der Waals surface area contributed by atoms with E-state index in [-0.39, 0.29) is 12.0 Å². The zero-order valence-corrected chi connectivity index (χ0v) is 16.2. The summed E-state index contributed by atoms with van der Waals surface area (Å²) in [6, 6.07) is 4.58. The summed E-state index contributed by atoms with van der Waals surface area (Å²) in [6.45, 7) is 3.63. The van der Waals surface area contributed by atoms with Crippen LogP contribution in [0, 0.1) is 5.92 Å². The van der Waals surface area contributed by atoms with Gasteiger partial charge in [0.2, 0.25) is 0 Å². The van der Waals surface area contributed by atoms with Crippen molar-refractivity contribution in [2.24, 2.45) is 5.92 Å². The predicted octanol–water partition coefficient (Wildman–Crippen LogP) is 2.59. The molecule has 144 valence electrons. The van der Waals surface area contributed by atoms with Crippen molar-refractivity contribution in [1.29, 1.82) is 0 Å². The third-order valence-electron chi connectivity index (χ3n) is 5.91. The first-order chi connectivity index (χ1) is 13.2. The van der Waals surface area contributed by atoms with Crippen molar-refractivity contribution in [3.05, 3.63) is 46.7 Å². The molecule has 0 bridgehead atoms. The molecule has 7 heteroatoms. The van der Waals surface area contributed by atoms with Gasteiger partial charge in [-0.2, -0.15) is 0 Å². The Morgan fingerprint density at radius 2 is 1.93 bits per heavy atom. The molecule has 1 amide bonds. The molecule has 0 radical (unpaired) electrons. The van der Waals surface area contributed by atoms with Crippen molar-refractivity contribution in [2.75, 3.05) is 26.2 Å². The number of thiophene rings is 1. The van der Waals surface area contributed by atoms with Crippen molar-refractivity contribution in [3.8, 4) is 0 Å². The number of aromatic nitrogens is 2. The second-order valence-corrected chi connectivity index (χ2v) is 8.43. The lowest BCUT2D eigenvalue weighted by atomic mass is 9.88. The predicted molar refractivity (Wildman–Crippen MR) is 105 cm³/mol. The molecular formula is C20H26N4O2S. The molecule has 4 rings (SSSR count). The fraction of sp³-hybridized carbons (Fsp3) is 0.550. The van der Waals surface area contributed by atoms with Gasteiger partial charge in [-0.05, 0) is 56.1 Å². The fourth-order valence-electron chi connectivity index (χ4n) is 4.30. The minimum atomic E-state index is -0.321. The maximum absolute atomic E-state index is 12.5. The Balaban J connectivity index is 1.25. The monoisotopic (exact) mass is 386 g/mol. The molecule has 2 aromatic rings. The molecule has 2 aromatic heterocycles. The van der Waals surface area contributed by atoms with E-state index in [1.807, 2.05) is 22.4 Å². The van der Waals surface area contributed by atoms with Gasteiger partial charge in [0.15, 0.2) is 0 Å². The van der Waals surface area contributed by atoms with Crippen molar-refractivity contribution >= 4 is 17.2 Å². The number of rotatable bonds is 4. The van der Waals surface area contributed by atoms with Crippen LogP contribution < -0.4 is 0 Å². The van der Waals surface area contributed by atoms with Crippen molar-refractivity contribution in [1.82, 2.24) is 19.8 Å². The first kappa shape index (κ1) is 18.5. The molecule has 0 aromatic carbocycles. The van der Waals surface area contributed by atoms with Crippen LogP contribution in [-0.4, -0.2) is 63.0 Å². The second kappa shape index (κ2) is 8.46. The average molecular weight is 387 g/mol. The molecule has 6 nitrogen and oxygen atoms in total. The topological polar surface area (TPSA) is 69.6 Å². The van der Waals surface area contributed by atoms with Gasteiger partial charge in [-0.1, -0.05) is 6.07 Å². The average Bonchev–Trinajstić information content (AvgIpc) is 3.28. The van der Waals surface area contributed by atoms with Gasteiger partial charge in [0.25, 0.3) is 5.91 Å². The van der Waals surface area contributed by atoms with Crippen LogP contribution in [0.4, 0.5) is 0 Å². The molecule has 2 fully saturated rings. The number of nitrogens with zero attached hydrogens (tertiary/aromatic N) is 4. The van der Waals surface area contributed by atoms with Gasteiger partial charge in [0.1, 0.15) is 5.69 Å². The third kappa shape index (κ3) is 4.20. The van der Waals surface area contributed by atoms with Gasteiger partial charge in [-0.25, -0.2) is 4.98 Å². The quantitative estimate of drug-likeness (QED) is 0.875. The Kier molecular flexibility index (Phi) is 5.80. The number of piperidine rings is 2. The number of aliphatic hydroxyl groups is 1. The van der Waals surface area contributed by atoms with E-state index in [0.29, 0.717) is 17.7 Å². The number of likely N-dealkylation sites (tertiary alicyclic amines) is 2. The van der Waals surface area contributed by atoms with Crippen molar-refractivity contribution < 1.29 is 9.90 Å². The minimum absolute atomic E-state index is 0.0145. The summed E-state index contributed by atoms with van der Waals surface area (Å²) in [4.78, 5) is 26.1. The molecule has 0 aliphatic carbocycles. The highest BCUT2D eigenvalue weighted by Gasteiger charge is 2.32. The lowest BCUT2D eigenvalue weighted by molar-refractivity contribution is 0.0292. The molecular weight excluding hydrogens is 360 g/mol. The fourth-order valence-corrected chi connectivity index (χ4v) is 5.10. The molecule has 1 unspecified atom stereocenters. The third-order valence-corrected chi connectivity index (χ3v) is 6.85. The zero-order chi connectivity index (χ0) is 18.6. The Morgan fingerprint density at radius 3 is 2.56 bits per heavy atom. The van der Waals surface area contributed by atoms with Crippen LogP contribution in [0.15, 0.2) is 36.1 Å². The maximum atomic E-state index is 12.5. The first-order valence-corrected chi connectivity index (χ1v) is 10.6. The molecule has 4 heterocycles. The Hall–Kier alpha value is -1.83. The Morgan fingerprint density at radius 1 is 1.15 bits per heavy atom. The van der Waals surface area contributed by atoms with E-state index in [0.717, 1.165) is 56.7 Å². The summed E-state index contributed by atoms with van der Waals surface area (Å²) in [6.07, 6.45) is 8.46. The van der Waals surface area contributed by atoms with Gasteiger partial charge >= 0.3 is 0 Å². The van der Waals surface area contributed by atoms with Gasteiger partial charge in [0.05, 0.1) is 12.3 Å². The van der Waals surface area contributed by atoms with Crippen LogP contribution in [-0.2, 0) is 0 Å². The second-order valence-electron chi connectivity index (χ2n) is 7.45. The van der Waals surface area contributed by atoms with E-state index in [4.69, 9.17) is 0 Å². The zero-order valence-electron chi connectivity index (χ0n) is 15.4. The molecule has 1 atom stereocenters. The number of amides is 1. The molecule has 0 saturated carbocycles. The summed E-state index contributed by atoms with van der Waals surface area (Å²) in [5.41, 5.74) is 0.430. The number of aliphatic hydroxyl groups excluding tert-OH is 1. The standard InChI is InChI=1S/C20H26N4O2S/c25-19(18-2-1-13-27-18)15-3-9-23(10-4-15)16-5-11-24(12-6-16)20(26)17-14-21-7-8-22-17/h1-2,7-8,13-16,19,25H,3-6,9-12H2. The minimum Gasteiger partial charge on any atom is -0.387 e. The van der Waals surface area contributed by atoms with E-state index in [1.165, 1.54) is 6.20 Å². The van der Waals surface area contributed by atoms with E-state index >= 15 is 0 Å². The van der Waals surface area contributed by atoms with Crippen molar-refractivity contribution in [3.63, 3.8) is 0 Å². The summed E-state index contributed by atoms with van der Waals surface area (Å²) in [5, 5.41) is 12.6. The van der Waals surface area contributed by atoms with E-state index in [2.05, 4.69) is 14.9 Å². The van der Waals surface area contributed by atoms with Crippen LogP contribution in [0.3, 0.4) is 0 Å². The van der Waals surface area contributed by atoms with Crippen LogP contribution in [0.2, 0.25) is 0 Å². The molecule has 2 aliphatic rings. The highest BCUT2D eigenvalue weighted by Crippen LogP contribution is 2.34. The molecule has 0 spiro atoms. The summed E-state index contributed by atoms with van der Waals surface area (Å²) >= 11 is 1.64. The van der Waals surface area contributed by atoms with Crippen LogP contribution in [0.5, 0.6) is 0 Å². The van der Waals surface area contributed by atoms with Gasteiger partial charge in [-0.15, -0.1) is 11.3 Å². The summed E-state index contributed by atoms with van der Waals surface area (Å²) < 4.78 is 0. The van der Waals surface area contributed by atoms with E-state index in [9.17, 15) is 9.90 Å². The summed E-state index contributed by atoms with van der Waals surface area (Å²) in [5.74, 6) is 0.345. The number of carbonyl (C=O) groups is 1. The largest absolute Gasteiger partial charge is 0.387 e. The first-order valence-electron chi connectivity index (χ1n) is 9.73. The Bertz CT molecular complexity index is 724. The summed E-state index contributed by atoms with van der Waals surface area (Å²) in [7, 11) is 0. The molecule has 1 N–H and O–H groups in total. The van der Waals surface area contributed by atoms with E-state index in [1.54, 1.807) is 23.7 Å². The highest BCUT2D eigenvalue weighted by atomic mass is 32.1. The number of hydrogen-bond donors (Lipinski definition) is 1.